The molecule has 0 spiro atoms. The van der Waals surface area contributed by atoms with E-state index in [0.29, 0.717) is 19.3 Å². The molecule has 1 saturated heterocycles. The van der Waals surface area contributed by atoms with E-state index in [1.165, 1.54) is 0 Å². The molecule has 0 saturated carbocycles. The van der Waals surface area contributed by atoms with Crippen molar-refractivity contribution < 1.29 is 14.4 Å². The molecule has 6 heteroatoms. The Bertz CT molecular complexity index is 344. The maximum atomic E-state index is 11.9. The van der Waals surface area contributed by atoms with Crippen LogP contribution in [0.15, 0.2) is 0 Å². The lowest BCUT2D eigenvalue weighted by Gasteiger charge is -2.18. The minimum atomic E-state index is -0.637. The third kappa shape index (κ3) is 5.28. The third-order valence-electron chi connectivity index (χ3n) is 3.32. The van der Waals surface area contributed by atoms with Crippen LogP contribution in [0.4, 0.5) is 0 Å². The number of hydrogen-bond acceptors (Lipinski definition) is 3. The summed E-state index contributed by atoms with van der Waals surface area (Å²) in [7, 11) is 0. The van der Waals surface area contributed by atoms with Crippen LogP contribution in [0.2, 0.25) is 0 Å². The molecule has 1 fully saturated rings. The molecule has 0 aromatic heterocycles. The van der Waals surface area contributed by atoms with Crippen molar-refractivity contribution in [2.45, 2.75) is 64.0 Å². The van der Waals surface area contributed by atoms with Gasteiger partial charge in [0.1, 0.15) is 12.1 Å². The Morgan fingerprint density at radius 1 is 1.42 bits per heavy atom. The molecule has 1 aliphatic heterocycles. The zero-order chi connectivity index (χ0) is 14.3. The molecule has 4 N–H and O–H groups in total. The molecular weight excluding hydrogens is 246 g/mol. The van der Waals surface area contributed by atoms with E-state index in [0.717, 1.165) is 25.7 Å². The predicted octanol–water partition coefficient (Wildman–Crippen LogP) is 0.206. The highest BCUT2D eigenvalue weighted by Gasteiger charge is 2.29. The van der Waals surface area contributed by atoms with Gasteiger partial charge in [0.05, 0.1) is 0 Å². The number of hydrogen-bond donors (Lipinski definition) is 3. The van der Waals surface area contributed by atoms with Gasteiger partial charge in [-0.1, -0.05) is 32.6 Å². The summed E-state index contributed by atoms with van der Waals surface area (Å²) >= 11 is 0. The standard InChI is InChI=1S/C13H23N3O3/c1-2-3-4-5-6-9(12(14)18)16-13(19)10-7-8-11(17)15-10/h9-10H,2-8H2,1H3,(H2,14,18)(H,15,17)(H,16,19)/t9-,10+/m0/s1. The van der Waals surface area contributed by atoms with Crippen molar-refractivity contribution in [3.63, 3.8) is 0 Å². The first-order valence-electron chi connectivity index (χ1n) is 6.93. The van der Waals surface area contributed by atoms with E-state index in [2.05, 4.69) is 17.6 Å². The zero-order valence-electron chi connectivity index (χ0n) is 11.4. The SMILES string of the molecule is CCCCCC[C@H](NC(=O)[C@H]1CCC(=O)N1)C(N)=O. The van der Waals surface area contributed by atoms with E-state index in [1.807, 2.05) is 0 Å². The Kier molecular flexibility index (Phi) is 6.32. The van der Waals surface area contributed by atoms with Gasteiger partial charge in [0.2, 0.25) is 17.7 Å². The second-order valence-corrected chi connectivity index (χ2v) is 4.97. The van der Waals surface area contributed by atoms with Gasteiger partial charge in [0.25, 0.3) is 0 Å². The number of rotatable bonds is 8. The normalized spacial score (nSPS) is 19.8. The Hall–Kier alpha value is -1.59. The summed E-state index contributed by atoms with van der Waals surface area (Å²) in [5.41, 5.74) is 5.28. The smallest absolute Gasteiger partial charge is 0.243 e. The van der Waals surface area contributed by atoms with E-state index >= 15 is 0 Å². The van der Waals surface area contributed by atoms with E-state index < -0.39 is 18.0 Å². The van der Waals surface area contributed by atoms with Gasteiger partial charge in [-0.25, -0.2) is 0 Å². The molecule has 1 aliphatic rings. The molecule has 108 valence electrons. The van der Waals surface area contributed by atoms with Gasteiger partial charge in [0.15, 0.2) is 0 Å². The number of amides is 3. The third-order valence-corrected chi connectivity index (χ3v) is 3.32. The average Bonchev–Trinajstić information content (AvgIpc) is 2.79. The summed E-state index contributed by atoms with van der Waals surface area (Å²) in [6.45, 7) is 2.11. The highest BCUT2D eigenvalue weighted by atomic mass is 16.2. The number of unbranched alkanes of at least 4 members (excludes halogenated alkanes) is 3. The summed E-state index contributed by atoms with van der Waals surface area (Å²) in [5, 5.41) is 5.20. The van der Waals surface area contributed by atoms with Gasteiger partial charge in [-0.15, -0.1) is 0 Å². The first-order chi connectivity index (χ1) is 9.04. The highest BCUT2D eigenvalue weighted by Crippen LogP contribution is 2.09. The Labute approximate surface area is 113 Å². The van der Waals surface area contributed by atoms with Crippen molar-refractivity contribution in [1.82, 2.24) is 10.6 Å². The molecule has 0 radical (unpaired) electrons. The number of primary amides is 1. The number of nitrogens with two attached hydrogens (primary N) is 1. The maximum Gasteiger partial charge on any atom is 0.243 e. The molecule has 1 rings (SSSR count). The first-order valence-corrected chi connectivity index (χ1v) is 6.93. The Morgan fingerprint density at radius 2 is 2.16 bits per heavy atom. The largest absolute Gasteiger partial charge is 0.368 e. The van der Waals surface area contributed by atoms with Gasteiger partial charge in [-0.2, -0.15) is 0 Å². The lowest BCUT2D eigenvalue weighted by atomic mass is 10.1. The van der Waals surface area contributed by atoms with E-state index in [1.54, 1.807) is 0 Å². The van der Waals surface area contributed by atoms with Crippen molar-refractivity contribution in [2.75, 3.05) is 0 Å². The molecule has 3 amide bonds. The van der Waals surface area contributed by atoms with Gasteiger partial charge >= 0.3 is 0 Å². The second-order valence-electron chi connectivity index (χ2n) is 4.97. The molecule has 0 aromatic carbocycles. The van der Waals surface area contributed by atoms with E-state index in [4.69, 9.17) is 5.73 Å². The summed E-state index contributed by atoms with van der Waals surface area (Å²) in [6, 6.07) is -1.16. The maximum absolute atomic E-state index is 11.9. The molecule has 1 heterocycles. The fourth-order valence-electron chi connectivity index (χ4n) is 2.14. The van der Waals surface area contributed by atoms with Crippen molar-refractivity contribution in [3.05, 3.63) is 0 Å². The Balaban J connectivity index is 2.37. The molecule has 0 bridgehead atoms. The molecule has 0 aromatic rings. The van der Waals surface area contributed by atoms with Gasteiger partial charge < -0.3 is 16.4 Å². The molecular formula is C13H23N3O3. The van der Waals surface area contributed by atoms with Gasteiger partial charge in [-0.3, -0.25) is 14.4 Å². The minimum Gasteiger partial charge on any atom is -0.368 e. The lowest BCUT2D eigenvalue weighted by Crippen LogP contribution is -2.50. The van der Waals surface area contributed by atoms with Crippen LogP contribution in [0.25, 0.3) is 0 Å². The minimum absolute atomic E-state index is 0.126. The monoisotopic (exact) mass is 269 g/mol. The van der Waals surface area contributed by atoms with Crippen LogP contribution in [0.3, 0.4) is 0 Å². The van der Waals surface area contributed by atoms with Crippen LogP contribution in [-0.4, -0.2) is 29.8 Å². The first kappa shape index (κ1) is 15.5. The Morgan fingerprint density at radius 3 is 2.68 bits per heavy atom. The predicted molar refractivity (Wildman–Crippen MR) is 71.0 cm³/mol. The number of carbonyl (C=O) groups is 3. The molecule has 19 heavy (non-hydrogen) atoms. The average molecular weight is 269 g/mol. The molecule has 6 nitrogen and oxygen atoms in total. The summed E-state index contributed by atoms with van der Waals surface area (Å²) in [6.07, 6.45) is 5.50. The highest BCUT2D eigenvalue weighted by molar-refractivity contribution is 5.93. The summed E-state index contributed by atoms with van der Waals surface area (Å²) < 4.78 is 0. The van der Waals surface area contributed by atoms with Crippen LogP contribution in [0.1, 0.15) is 51.9 Å². The van der Waals surface area contributed by atoms with Crippen molar-refractivity contribution in [3.8, 4) is 0 Å². The van der Waals surface area contributed by atoms with Gasteiger partial charge in [0, 0.05) is 6.42 Å². The number of carbonyl (C=O) groups excluding carboxylic acids is 3. The summed E-state index contributed by atoms with van der Waals surface area (Å²) in [4.78, 5) is 34.2. The fourth-order valence-corrected chi connectivity index (χ4v) is 2.14. The van der Waals surface area contributed by atoms with Crippen LogP contribution in [0.5, 0.6) is 0 Å². The van der Waals surface area contributed by atoms with Crippen LogP contribution >= 0.6 is 0 Å². The van der Waals surface area contributed by atoms with Crippen molar-refractivity contribution in [1.29, 1.82) is 0 Å². The van der Waals surface area contributed by atoms with Crippen LogP contribution in [-0.2, 0) is 14.4 Å². The topological polar surface area (TPSA) is 101 Å². The number of nitrogens with one attached hydrogen (secondary N) is 2. The molecule has 0 unspecified atom stereocenters. The van der Waals surface area contributed by atoms with Crippen LogP contribution < -0.4 is 16.4 Å². The molecule has 0 aliphatic carbocycles. The lowest BCUT2D eigenvalue weighted by molar-refractivity contribution is -0.129. The molecule has 2 atom stereocenters. The van der Waals surface area contributed by atoms with E-state index in [9.17, 15) is 14.4 Å². The fraction of sp³-hybridized carbons (Fsp3) is 0.769. The quantitative estimate of drug-likeness (QED) is 0.549. The van der Waals surface area contributed by atoms with E-state index in [-0.39, 0.29) is 11.8 Å². The summed E-state index contributed by atoms with van der Waals surface area (Å²) in [5.74, 6) is -0.960. The van der Waals surface area contributed by atoms with Crippen LogP contribution in [0, 0.1) is 0 Å². The van der Waals surface area contributed by atoms with Gasteiger partial charge in [-0.05, 0) is 12.8 Å². The zero-order valence-corrected chi connectivity index (χ0v) is 11.4. The van der Waals surface area contributed by atoms with Crippen molar-refractivity contribution >= 4 is 17.7 Å². The second kappa shape index (κ2) is 7.76. The van der Waals surface area contributed by atoms with Crippen molar-refractivity contribution in [2.24, 2.45) is 5.73 Å².